The lowest BCUT2D eigenvalue weighted by atomic mass is 9.70. The number of rotatable bonds is 2. The van der Waals surface area contributed by atoms with Crippen LogP contribution in [0.5, 0.6) is 0 Å². The van der Waals surface area contributed by atoms with Gasteiger partial charge in [-0.2, -0.15) is 26.3 Å². The summed E-state index contributed by atoms with van der Waals surface area (Å²) in [7, 11) is 0. The van der Waals surface area contributed by atoms with Crippen molar-refractivity contribution in [3.05, 3.63) is 35.4 Å². The molecule has 0 aromatic heterocycles. The second-order valence-electron chi connectivity index (χ2n) is 5.40. The normalized spacial score (nSPS) is 19.5. The highest BCUT2D eigenvalue weighted by molar-refractivity contribution is 5.31. The molecule has 0 atom stereocenters. The third-order valence-electron chi connectivity index (χ3n) is 3.92. The Morgan fingerprint density at radius 2 is 1.43 bits per heavy atom. The Hall–Kier alpha value is -1.24. The summed E-state index contributed by atoms with van der Waals surface area (Å²) in [5.41, 5.74) is -1.65. The molecule has 0 amide bonds. The molecule has 1 saturated heterocycles. The monoisotopic (exact) mass is 311 g/mol. The third kappa shape index (κ3) is 3.90. The van der Waals surface area contributed by atoms with Crippen LogP contribution in [0.25, 0.3) is 0 Å². The number of halogens is 6. The van der Waals surface area contributed by atoms with Crippen molar-refractivity contribution >= 4 is 0 Å². The molecule has 1 aliphatic rings. The lowest BCUT2D eigenvalue weighted by molar-refractivity contribution is -0.151. The number of alkyl halides is 6. The molecule has 1 aromatic carbocycles. The average molecular weight is 311 g/mol. The van der Waals surface area contributed by atoms with Gasteiger partial charge in [-0.1, -0.05) is 12.1 Å². The van der Waals surface area contributed by atoms with E-state index in [1.54, 1.807) is 0 Å². The van der Waals surface area contributed by atoms with Crippen molar-refractivity contribution in [2.24, 2.45) is 0 Å². The van der Waals surface area contributed by atoms with Gasteiger partial charge < -0.3 is 5.32 Å². The summed E-state index contributed by atoms with van der Waals surface area (Å²) < 4.78 is 76.1. The van der Waals surface area contributed by atoms with Crippen LogP contribution in [0.1, 0.15) is 30.4 Å². The Kier molecular flexibility index (Phi) is 4.24. The topological polar surface area (TPSA) is 12.0 Å². The second kappa shape index (κ2) is 5.51. The minimum Gasteiger partial charge on any atom is -0.317 e. The predicted molar refractivity (Wildman–Crippen MR) is 65.9 cm³/mol. The molecule has 21 heavy (non-hydrogen) atoms. The molecule has 1 nitrogen and oxygen atoms in total. The summed E-state index contributed by atoms with van der Waals surface area (Å²) in [6, 6.07) is 4.07. The Morgan fingerprint density at radius 3 is 1.86 bits per heavy atom. The summed E-state index contributed by atoms with van der Waals surface area (Å²) in [6.45, 7) is 0.855. The maximum Gasteiger partial charge on any atom is 0.416 e. The number of benzene rings is 1. The van der Waals surface area contributed by atoms with Crippen molar-refractivity contribution in [2.75, 3.05) is 13.1 Å². The van der Waals surface area contributed by atoms with Gasteiger partial charge in [0.2, 0.25) is 0 Å². The van der Waals surface area contributed by atoms with Gasteiger partial charge in [0.05, 0.1) is 12.0 Å². The van der Waals surface area contributed by atoms with Gasteiger partial charge >= 0.3 is 12.4 Å². The molecule has 1 aliphatic heterocycles. The SMILES string of the molecule is FC(F)(F)CC1(c2ccc(C(F)(F)F)cc2)CCNCC1. The number of nitrogens with one attached hydrogen (secondary N) is 1. The van der Waals surface area contributed by atoms with Crippen molar-refractivity contribution < 1.29 is 26.3 Å². The average Bonchev–Trinajstić information content (AvgIpc) is 2.37. The molecule has 1 fully saturated rings. The van der Waals surface area contributed by atoms with Crippen molar-refractivity contribution in [1.82, 2.24) is 5.32 Å². The molecule has 0 spiro atoms. The fraction of sp³-hybridized carbons (Fsp3) is 0.571. The fourth-order valence-electron chi connectivity index (χ4n) is 2.87. The maximum absolute atomic E-state index is 12.8. The standard InChI is InChI=1S/C14H15F6N/c15-13(16,17)9-12(5-7-21-8-6-12)10-1-3-11(4-2-10)14(18,19)20/h1-4,21H,5-9H2. The van der Waals surface area contributed by atoms with Gasteiger partial charge in [-0.3, -0.25) is 0 Å². The van der Waals surface area contributed by atoms with E-state index in [1.807, 2.05) is 0 Å². The molecular weight excluding hydrogens is 296 g/mol. The van der Waals surface area contributed by atoms with E-state index in [0.717, 1.165) is 12.1 Å². The van der Waals surface area contributed by atoms with Crippen LogP contribution in [0.4, 0.5) is 26.3 Å². The van der Waals surface area contributed by atoms with Gasteiger partial charge in [0.25, 0.3) is 0 Å². The Labute approximate surface area is 118 Å². The highest BCUT2D eigenvalue weighted by Crippen LogP contribution is 2.43. The van der Waals surface area contributed by atoms with E-state index in [9.17, 15) is 26.3 Å². The predicted octanol–water partition coefficient (Wildman–Crippen LogP) is 4.28. The first kappa shape index (κ1) is 16.1. The van der Waals surface area contributed by atoms with Crippen molar-refractivity contribution in [2.45, 2.75) is 37.0 Å². The highest BCUT2D eigenvalue weighted by Gasteiger charge is 2.44. The van der Waals surface area contributed by atoms with E-state index in [0.29, 0.717) is 18.7 Å². The Morgan fingerprint density at radius 1 is 0.905 bits per heavy atom. The van der Waals surface area contributed by atoms with Gasteiger partial charge in [-0.25, -0.2) is 0 Å². The Bertz CT molecular complexity index is 468. The molecule has 0 aliphatic carbocycles. The molecule has 2 rings (SSSR count). The first-order valence-corrected chi connectivity index (χ1v) is 6.58. The fourth-order valence-corrected chi connectivity index (χ4v) is 2.87. The zero-order valence-electron chi connectivity index (χ0n) is 11.1. The molecule has 0 bridgehead atoms. The molecule has 0 radical (unpaired) electrons. The molecule has 0 saturated carbocycles. The Balaban J connectivity index is 2.33. The number of hydrogen-bond acceptors (Lipinski definition) is 1. The summed E-state index contributed by atoms with van der Waals surface area (Å²) in [4.78, 5) is 0. The summed E-state index contributed by atoms with van der Waals surface area (Å²) in [5.74, 6) is 0. The molecule has 1 aromatic rings. The van der Waals surface area contributed by atoms with E-state index in [-0.39, 0.29) is 12.8 Å². The highest BCUT2D eigenvalue weighted by atomic mass is 19.4. The largest absolute Gasteiger partial charge is 0.416 e. The maximum atomic E-state index is 12.8. The first-order chi connectivity index (χ1) is 9.62. The van der Waals surface area contributed by atoms with Crippen LogP contribution < -0.4 is 5.32 Å². The van der Waals surface area contributed by atoms with Crippen molar-refractivity contribution in [3.63, 3.8) is 0 Å². The van der Waals surface area contributed by atoms with Gasteiger partial charge in [-0.15, -0.1) is 0 Å². The molecule has 7 heteroatoms. The van der Waals surface area contributed by atoms with Crippen molar-refractivity contribution in [1.29, 1.82) is 0 Å². The van der Waals surface area contributed by atoms with Crippen LogP contribution in [-0.4, -0.2) is 19.3 Å². The zero-order valence-corrected chi connectivity index (χ0v) is 11.1. The second-order valence-corrected chi connectivity index (χ2v) is 5.40. The van der Waals surface area contributed by atoms with Crippen LogP contribution in [-0.2, 0) is 11.6 Å². The van der Waals surface area contributed by atoms with E-state index in [4.69, 9.17) is 0 Å². The number of hydrogen-bond donors (Lipinski definition) is 1. The molecular formula is C14H15F6N. The lowest BCUT2D eigenvalue weighted by Gasteiger charge is -2.39. The molecule has 118 valence electrons. The minimum absolute atomic E-state index is 0.262. The van der Waals surface area contributed by atoms with Gasteiger partial charge in [0.15, 0.2) is 0 Å². The zero-order chi connectivity index (χ0) is 15.7. The van der Waals surface area contributed by atoms with E-state index >= 15 is 0 Å². The van der Waals surface area contributed by atoms with Crippen LogP contribution in [0.15, 0.2) is 24.3 Å². The minimum atomic E-state index is -4.48. The summed E-state index contributed by atoms with van der Waals surface area (Å²) in [5, 5.41) is 2.98. The molecule has 1 N–H and O–H groups in total. The molecule has 1 heterocycles. The van der Waals surface area contributed by atoms with Crippen LogP contribution in [0, 0.1) is 0 Å². The lowest BCUT2D eigenvalue weighted by Crippen LogP contribution is -2.42. The van der Waals surface area contributed by atoms with Crippen LogP contribution in [0.2, 0.25) is 0 Å². The third-order valence-corrected chi connectivity index (χ3v) is 3.92. The number of piperidine rings is 1. The van der Waals surface area contributed by atoms with Crippen molar-refractivity contribution in [3.8, 4) is 0 Å². The van der Waals surface area contributed by atoms with Gasteiger partial charge in [0.1, 0.15) is 0 Å². The summed E-state index contributed by atoms with van der Waals surface area (Å²) in [6.07, 6.45) is -9.31. The van der Waals surface area contributed by atoms with Gasteiger partial charge in [0, 0.05) is 5.41 Å². The molecule has 0 unspecified atom stereocenters. The first-order valence-electron chi connectivity index (χ1n) is 6.58. The van der Waals surface area contributed by atoms with E-state index in [1.165, 1.54) is 12.1 Å². The van der Waals surface area contributed by atoms with Crippen LogP contribution >= 0.6 is 0 Å². The van der Waals surface area contributed by atoms with E-state index < -0.39 is 29.8 Å². The summed E-state index contributed by atoms with van der Waals surface area (Å²) >= 11 is 0. The van der Waals surface area contributed by atoms with E-state index in [2.05, 4.69) is 5.32 Å². The van der Waals surface area contributed by atoms with Gasteiger partial charge in [-0.05, 0) is 43.6 Å². The smallest absolute Gasteiger partial charge is 0.317 e. The van der Waals surface area contributed by atoms with Crippen LogP contribution in [0.3, 0.4) is 0 Å². The quantitative estimate of drug-likeness (QED) is 0.804.